The maximum absolute atomic E-state index is 9.72. The van der Waals surface area contributed by atoms with Crippen LogP contribution in [-0.2, 0) is 0 Å². The van der Waals surface area contributed by atoms with E-state index >= 15 is 0 Å². The molecule has 4 aromatic carbocycles. The number of benzene rings is 4. The Bertz CT molecular complexity index is 1440. The third-order valence-electron chi connectivity index (χ3n) is 5.30. The van der Waals surface area contributed by atoms with Crippen LogP contribution in [0, 0.1) is 11.3 Å². The molecule has 0 spiro atoms. The zero-order chi connectivity index (χ0) is 21.8. The molecular formula is C28H19N3S. The van der Waals surface area contributed by atoms with E-state index in [1.807, 2.05) is 47.8 Å². The van der Waals surface area contributed by atoms with Gasteiger partial charge in [-0.05, 0) is 22.6 Å². The molecule has 1 aromatic heterocycles. The van der Waals surface area contributed by atoms with Gasteiger partial charge in [-0.25, -0.2) is 4.98 Å². The number of nitrogens with one attached hydrogen (secondary N) is 1. The van der Waals surface area contributed by atoms with Crippen molar-refractivity contribution in [3.63, 3.8) is 0 Å². The second-order valence-corrected chi connectivity index (χ2v) is 8.18. The minimum absolute atomic E-state index is 0.509. The predicted octanol–water partition coefficient (Wildman–Crippen LogP) is 7.61. The van der Waals surface area contributed by atoms with Gasteiger partial charge in [0.1, 0.15) is 16.6 Å². The fourth-order valence-corrected chi connectivity index (χ4v) is 4.43. The van der Waals surface area contributed by atoms with Crippen LogP contribution < -0.4 is 5.32 Å². The standard InChI is InChI=1S/C28H19N3S/c29-17-24(18-30-26-12-6-10-22-9-4-5-11-25(22)26)28-31-27(19-32-28)23-15-13-21(14-16-23)20-7-2-1-3-8-20/h1-16,18-19,30H/b24-18+. The first kappa shape index (κ1) is 19.7. The Morgan fingerprint density at radius 2 is 1.47 bits per heavy atom. The van der Waals surface area contributed by atoms with Crippen LogP contribution in [0.2, 0.25) is 0 Å². The van der Waals surface area contributed by atoms with Crippen LogP contribution in [0.1, 0.15) is 5.01 Å². The number of fused-ring (bicyclic) bond motifs is 1. The highest BCUT2D eigenvalue weighted by Gasteiger charge is 2.10. The molecule has 0 bridgehead atoms. The van der Waals surface area contributed by atoms with E-state index in [0.717, 1.165) is 27.7 Å². The Kier molecular flexibility index (Phi) is 5.48. The van der Waals surface area contributed by atoms with E-state index in [1.54, 1.807) is 6.20 Å². The number of hydrogen-bond donors (Lipinski definition) is 1. The van der Waals surface area contributed by atoms with Crippen LogP contribution in [0.15, 0.2) is 109 Å². The molecule has 0 atom stereocenters. The molecule has 0 fully saturated rings. The van der Waals surface area contributed by atoms with Gasteiger partial charge in [0.2, 0.25) is 0 Å². The van der Waals surface area contributed by atoms with Gasteiger partial charge in [-0.2, -0.15) is 5.26 Å². The molecule has 0 radical (unpaired) electrons. The van der Waals surface area contributed by atoms with Crippen molar-refractivity contribution in [2.75, 3.05) is 5.32 Å². The van der Waals surface area contributed by atoms with Crippen molar-refractivity contribution in [1.29, 1.82) is 5.26 Å². The Labute approximate surface area is 190 Å². The first-order valence-corrected chi connectivity index (χ1v) is 11.2. The third kappa shape index (κ3) is 4.02. The number of allylic oxidation sites excluding steroid dienone is 1. The first-order valence-electron chi connectivity index (χ1n) is 10.3. The molecule has 0 saturated heterocycles. The highest BCUT2D eigenvalue weighted by Crippen LogP contribution is 2.29. The lowest BCUT2D eigenvalue weighted by Gasteiger charge is -2.06. The van der Waals surface area contributed by atoms with Gasteiger partial charge >= 0.3 is 0 Å². The molecule has 152 valence electrons. The summed E-state index contributed by atoms with van der Waals surface area (Å²) in [6, 6.07) is 35.2. The van der Waals surface area contributed by atoms with Crippen molar-refractivity contribution in [3.8, 4) is 28.5 Å². The largest absolute Gasteiger partial charge is 0.360 e. The van der Waals surface area contributed by atoms with Gasteiger partial charge in [0.15, 0.2) is 0 Å². The van der Waals surface area contributed by atoms with Crippen LogP contribution >= 0.6 is 11.3 Å². The van der Waals surface area contributed by atoms with Gasteiger partial charge in [-0.3, -0.25) is 0 Å². The van der Waals surface area contributed by atoms with E-state index in [9.17, 15) is 5.26 Å². The number of nitriles is 1. The smallest absolute Gasteiger partial charge is 0.136 e. The van der Waals surface area contributed by atoms with Gasteiger partial charge in [0, 0.05) is 28.2 Å². The average molecular weight is 430 g/mol. The summed E-state index contributed by atoms with van der Waals surface area (Å²) in [5.41, 5.74) is 5.73. The van der Waals surface area contributed by atoms with Gasteiger partial charge in [0.25, 0.3) is 0 Å². The lowest BCUT2D eigenvalue weighted by molar-refractivity contribution is 1.36. The molecule has 0 amide bonds. The summed E-state index contributed by atoms with van der Waals surface area (Å²) in [5, 5.41) is 18.0. The third-order valence-corrected chi connectivity index (χ3v) is 6.18. The summed E-state index contributed by atoms with van der Waals surface area (Å²) in [6.07, 6.45) is 1.74. The molecule has 5 rings (SSSR count). The minimum Gasteiger partial charge on any atom is -0.360 e. The number of rotatable bonds is 5. The number of aromatic nitrogens is 1. The maximum atomic E-state index is 9.72. The first-order chi connectivity index (χ1) is 15.8. The zero-order valence-corrected chi connectivity index (χ0v) is 18.0. The average Bonchev–Trinajstić information content (AvgIpc) is 3.35. The number of anilines is 1. The second-order valence-electron chi connectivity index (χ2n) is 7.32. The van der Waals surface area contributed by atoms with Crippen LogP contribution in [0.5, 0.6) is 0 Å². The van der Waals surface area contributed by atoms with Gasteiger partial charge in [-0.1, -0.05) is 91.0 Å². The highest BCUT2D eigenvalue weighted by atomic mass is 32.1. The molecule has 32 heavy (non-hydrogen) atoms. The SMILES string of the molecule is N#C/C(=C\Nc1cccc2ccccc12)c1nc(-c2ccc(-c3ccccc3)cc2)cs1. The quantitative estimate of drug-likeness (QED) is 0.293. The Balaban J connectivity index is 1.38. The molecule has 1 N–H and O–H groups in total. The maximum Gasteiger partial charge on any atom is 0.136 e. The number of hydrogen-bond acceptors (Lipinski definition) is 4. The Hall–Kier alpha value is -4.20. The van der Waals surface area contributed by atoms with Crippen molar-refractivity contribution >= 4 is 33.4 Å². The lowest BCUT2D eigenvalue weighted by atomic mass is 10.0. The van der Waals surface area contributed by atoms with Crippen LogP contribution in [-0.4, -0.2) is 4.98 Å². The molecule has 0 unspecified atom stereocenters. The van der Waals surface area contributed by atoms with Crippen molar-refractivity contribution in [3.05, 3.63) is 114 Å². The van der Waals surface area contributed by atoms with Crippen molar-refractivity contribution < 1.29 is 0 Å². The molecule has 0 aliphatic heterocycles. The summed E-state index contributed by atoms with van der Waals surface area (Å²) in [4.78, 5) is 4.72. The molecule has 0 aliphatic rings. The molecule has 5 aromatic rings. The fourth-order valence-electron chi connectivity index (χ4n) is 3.64. The Morgan fingerprint density at radius 1 is 0.781 bits per heavy atom. The van der Waals surface area contributed by atoms with Crippen LogP contribution in [0.3, 0.4) is 0 Å². The summed E-state index contributed by atoms with van der Waals surface area (Å²) < 4.78 is 0. The molecule has 4 heteroatoms. The molecule has 3 nitrogen and oxygen atoms in total. The van der Waals surface area contributed by atoms with Gasteiger partial charge in [-0.15, -0.1) is 11.3 Å². The fraction of sp³-hybridized carbons (Fsp3) is 0. The van der Waals surface area contributed by atoms with Crippen LogP contribution in [0.25, 0.3) is 38.7 Å². The normalized spacial score (nSPS) is 11.3. The van der Waals surface area contributed by atoms with Gasteiger partial charge < -0.3 is 5.32 Å². The van der Waals surface area contributed by atoms with Crippen molar-refractivity contribution in [2.24, 2.45) is 0 Å². The molecule has 0 saturated carbocycles. The summed E-state index contributed by atoms with van der Waals surface area (Å²) in [7, 11) is 0. The summed E-state index contributed by atoms with van der Waals surface area (Å²) in [5.74, 6) is 0. The summed E-state index contributed by atoms with van der Waals surface area (Å²) in [6.45, 7) is 0. The molecule has 1 heterocycles. The van der Waals surface area contributed by atoms with E-state index in [-0.39, 0.29) is 0 Å². The second kappa shape index (κ2) is 8.89. The topological polar surface area (TPSA) is 48.7 Å². The monoisotopic (exact) mass is 429 g/mol. The predicted molar refractivity (Wildman–Crippen MR) is 134 cm³/mol. The van der Waals surface area contributed by atoms with Crippen LogP contribution in [0.4, 0.5) is 5.69 Å². The molecule has 0 aliphatic carbocycles. The van der Waals surface area contributed by atoms with E-state index in [1.165, 1.54) is 22.5 Å². The summed E-state index contributed by atoms with van der Waals surface area (Å²) >= 11 is 1.47. The Morgan fingerprint density at radius 3 is 2.28 bits per heavy atom. The minimum atomic E-state index is 0.509. The van der Waals surface area contributed by atoms with Crippen molar-refractivity contribution in [2.45, 2.75) is 0 Å². The van der Waals surface area contributed by atoms with E-state index in [4.69, 9.17) is 4.98 Å². The zero-order valence-electron chi connectivity index (χ0n) is 17.2. The molecular weight excluding hydrogens is 410 g/mol. The van der Waals surface area contributed by atoms with Crippen molar-refractivity contribution in [1.82, 2.24) is 4.98 Å². The lowest BCUT2D eigenvalue weighted by Crippen LogP contribution is -1.92. The highest BCUT2D eigenvalue weighted by molar-refractivity contribution is 7.11. The van der Waals surface area contributed by atoms with E-state index in [2.05, 4.69) is 66.0 Å². The number of thiazole rings is 1. The number of nitrogens with zero attached hydrogens (tertiary/aromatic N) is 2. The van der Waals surface area contributed by atoms with Gasteiger partial charge in [0.05, 0.1) is 5.69 Å². The van der Waals surface area contributed by atoms with E-state index in [0.29, 0.717) is 10.6 Å². The van der Waals surface area contributed by atoms with E-state index < -0.39 is 0 Å².